The zero-order valence-electron chi connectivity index (χ0n) is 20.6. The van der Waals surface area contributed by atoms with E-state index in [4.69, 9.17) is 16.3 Å². The van der Waals surface area contributed by atoms with E-state index >= 15 is 0 Å². The molecular formula is C28H27ClN4O4S. The maximum Gasteiger partial charge on any atom is 0.264 e. The highest BCUT2D eigenvalue weighted by molar-refractivity contribution is 7.92. The highest BCUT2D eigenvalue weighted by Crippen LogP contribution is 2.33. The Kier molecular flexibility index (Phi) is 7.67. The Morgan fingerprint density at radius 1 is 1.03 bits per heavy atom. The number of pyridine rings is 1. The number of ether oxygens (including phenoxy) is 1. The molecule has 0 fully saturated rings. The van der Waals surface area contributed by atoms with E-state index in [1.165, 1.54) is 16.4 Å². The van der Waals surface area contributed by atoms with Crippen LogP contribution in [0, 0.1) is 0 Å². The molecule has 0 radical (unpaired) electrons. The molecule has 5 rings (SSSR count). The van der Waals surface area contributed by atoms with E-state index in [1.54, 1.807) is 18.3 Å². The fraction of sp³-hybridized carbons (Fsp3) is 0.214. The Morgan fingerprint density at radius 3 is 2.68 bits per heavy atom. The summed E-state index contributed by atoms with van der Waals surface area (Å²) >= 11 is 6.04. The summed E-state index contributed by atoms with van der Waals surface area (Å²) in [7, 11) is -3.67. The van der Waals surface area contributed by atoms with Crippen molar-refractivity contribution in [1.29, 1.82) is 0 Å². The first-order valence-electron chi connectivity index (χ1n) is 12.3. The van der Waals surface area contributed by atoms with Crippen molar-refractivity contribution in [2.45, 2.75) is 17.7 Å². The smallest absolute Gasteiger partial charge is 0.264 e. The lowest BCUT2D eigenvalue weighted by molar-refractivity contribution is -0.123. The molecule has 3 aromatic carbocycles. The molecule has 0 saturated heterocycles. The quantitative estimate of drug-likeness (QED) is 0.279. The number of rotatable bonds is 10. The Balaban J connectivity index is 1.06. The average Bonchev–Trinajstić information content (AvgIpc) is 3.37. The van der Waals surface area contributed by atoms with Crippen molar-refractivity contribution in [3.05, 3.63) is 89.6 Å². The number of hydrogen-bond acceptors (Lipinski definition) is 6. The standard InChI is InChI=1S/C28H27ClN4O4S/c29-21-6-11-24-25(12-16-31-26(24)18-21)30-14-3-15-32-28(34)19-37-22-7-9-23(10-8-22)38(35,36)33-17-13-20-4-1-2-5-27(20)33/h1-2,4-12,16,18H,3,13-15,17,19H2,(H,30,31)(H,32,34). The molecule has 1 amide bonds. The molecule has 1 aromatic heterocycles. The first kappa shape index (κ1) is 25.8. The van der Waals surface area contributed by atoms with Gasteiger partial charge in [-0.3, -0.25) is 14.1 Å². The van der Waals surface area contributed by atoms with Crippen molar-refractivity contribution in [2.24, 2.45) is 0 Å². The van der Waals surface area contributed by atoms with Crippen LogP contribution in [0.2, 0.25) is 5.02 Å². The van der Waals surface area contributed by atoms with Gasteiger partial charge in [-0.25, -0.2) is 8.42 Å². The molecule has 2 N–H and O–H groups in total. The van der Waals surface area contributed by atoms with Crippen LogP contribution in [-0.2, 0) is 21.2 Å². The van der Waals surface area contributed by atoms with Gasteiger partial charge in [0.1, 0.15) is 5.75 Å². The number of para-hydroxylation sites is 1. The molecule has 0 spiro atoms. The predicted molar refractivity (Wildman–Crippen MR) is 149 cm³/mol. The number of fused-ring (bicyclic) bond motifs is 2. The zero-order chi connectivity index (χ0) is 26.5. The molecule has 1 aliphatic rings. The van der Waals surface area contributed by atoms with Crippen molar-refractivity contribution in [3.8, 4) is 5.75 Å². The number of nitrogens with one attached hydrogen (secondary N) is 2. The summed E-state index contributed by atoms with van der Waals surface area (Å²) in [5.41, 5.74) is 3.52. The monoisotopic (exact) mass is 550 g/mol. The molecule has 2 heterocycles. The van der Waals surface area contributed by atoms with Gasteiger partial charge in [-0.1, -0.05) is 29.8 Å². The largest absolute Gasteiger partial charge is 0.484 e. The molecule has 0 aliphatic carbocycles. The molecule has 196 valence electrons. The fourth-order valence-electron chi connectivity index (χ4n) is 4.41. The number of benzene rings is 3. The number of aromatic nitrogens is 1. The fourth-order valence-corrected chi connectivity index (χ4v) is 6.08. The van der Waals surface area contributed by atoms with Gasteiger partial charge in [-0.2, -0.15) is 0 Å². The van der Waals surface area contributed by atoms with E-state index in [0.29, 0.717) is 36.8 Å². The minimum absolute atomic E-state index is 0.158. The van der Waals surface area contributed by atoms with Crippen molar-refractivity contribution >= 4 is 49.8 Å². The second kappa shape index (κ2) is 11.3. The second-order valence-electron chi connectivity index (χ2n) is 8.87. The first-order valence-corrected chi connectivity index (χ1v) is 14.1. The van der Waals surface area contributed by atoms with Gasteiger partial charge in [-0.05, 0) is 73.0 Å². The number of sulfonamides is 1. The van der Waals surface area contributed by atoms with Gasteiger partial charge in [0.15, 0.2) is 6.61 Å². The van der Waals surface area contributed by atoms with Crippen molar-refractivity contribution in [1.82, 2.24) is 10.3 Å². The minimum atomic E-state index is -3.67. The van der Waals surface area contributed by atoms with Gasteiger partial charge < -0.3 is 15.4 Å². The summed E-state index contributed by atoms with van der Waals surface area (Å²) < 4.78 is 33.2. The van der Waals surface area contributed by atoms with Crippen LogP contribution >= 0.6 is 11.6 Å². The summed E-state index contributed by atoms with van der Waals surface area (Å²) in [5.74, 6) is 0.173. The number of carbonyl (C=O) groups is 1. The van der Waals surface area contributed by atoms with Crippen molar-refractivity contribution < 1.29 is 17.9 Å². The third kappa shape index (κ3) is 5.69. The second-order valence-corrected chi connectivity index (χ2v) is 11.2. The highest BCUT2D eigenvalue weighted by Gasteiger charge is 2.30. The summed E-state index contributed by atoms with van der Waals surface area (Å²) in [4.78, 5) is 16.7. The van der Waals surface area contributed by atoms with Crippen LogP contribution < -0.4 is 19.7 Å². The number of anilines is 2. The molecular weight excluding hydrogens is 524 g/mol. The predicted octanol–water partition coefficient (Wildman–Crippen LogP) is 4.64. The average molecular weight is 551 g/mol. The van der Waals surface area contributed by atoms with Crippen LogP contribution in [0.5, 0.6) is 5.75 Å². The van der Waals surface area contributed by atoms with Crippen LogP contribution in [0.3, 0.4) is 0 Å². The number of nitrogens with zero attached hydrogens (tertiary/aromatic N) is 2. The van der Waals surface area contributed by atoms with Gasteiger partial charge in [0.05, 0.1) is 16.1 Å². The molecule has 0 saturated carbocycles. The van der Waals surface area contributed by atoms with Crippen LogP contribution in [-0.4, -0.2) is 45.6 Å². The van der Waals surface area contributed by atoms with E-state index in [9.17, 15) is 13.2 Å². The van der Waals surface area contributed by atoms with Crippen LogP contribution in [0.4, 0.5) is 11.4 Å². The highest BCUT2D eigenvalue weighted by atomic mass is 35.5. The molecule has 0 unspecified atom stereocenters. The Bertz CT molecular complexity index is 1560. The normalized spacial score (nSPS) is 12.8. The molecule has 10 heteroatoms. The van der Waals surface area contributed by atoms with Gasteiger partial charge in [0.2, 0.25) is 0 Å². The SMILES string of the molecule is O=C(COc1ccc(S(=O)(=O)N2CCc3ccccc32)cc1)NCCCNc1ccnc2cc(Cl)ccc12. The zero-order valence-corrected chi connectivity index (χ0v) is 22.1. The summed E-state index contributed by atoms with van der Waals surface area (Å²) in [6, 6.07) is 21.2. The number of carbonyl (C=O) groups excluding carboxylic acids is 1. The van der Waals surface area contributed by atoms with E-state index < -0.39 is 10.0 Å². The summed E-state index contributed by atoms with van der Waals surface area (Å²) in [6.07, 6.45) is 3.14. The van der Waals surface area contributed by atoms with Crippen molar-refractivity contribution in [3.63, 3.8) is 0 Å². The molecule has 1 aliphatic heterocycles. The Hall–Kier alpha value is -3.82. The number of amides is 1. The first-order chi connectivity index (χ1) is 18.4. The topological polar surface area (TPSA) is 101 Å². The lowest BCUT2D eigenvalue weighted by Gasteiger charge is -2.19. The lowest BCUT2D eigenvalue weighted by atomic mass is 10.2. The summed E-state index contributed by atoms with van der Waals surface area (Å²) in [6.45, 7) is 1.41. The number of halogens is 1. The molecule has 4 aromatic rings. The van der Waals surface area contributed by atoms with Gasteiger partial charge in [0, 0.05) is 41.9 Å². The Labute approximate surface area is 226 Å². The van der Waals surface area contributed by atoms with Crippen LogP contribution in [0.25, 0.3) is 10.9 Å². The van der Waals surface area contributed by atoms with Gasteiger partial charge in [-0.15, -0.1) is 0 Å². The van der Waals surface area contributed by atoms with Crippen molar-refractivity contribution in [2.75, 3.05) is 35.9 Å². The lowest BCUT2D eigenvalue weighted by Crippen LogP contribution is -2.30. The maximum absolute atomic E-state index is 13.1. The third-order valence-corrected chi connectivity index (χ3v) is 8.38. The van der Waals surface area contributed by atoms with Crippen LogP contribution in [0.15, 0.2) is 83.9 Å². The Morgan fingerprint density at radius 2 is 1.84 bits per heavy atom. The van der Waals surface area contributed by atoms with Crippen LogP contribution in [0.1, 0.15) is 12.0 Å². The molecule has 0 atom stereocenters. The molecule has 38 heavy (non-hydrogen) atoms. The van der Waals surface area contributed by atoms with Gasteiger partial charge >= 0.3 is 0 Å². The molecule has 8 nitrogen and oxygen atoms in total. The number of hydrogen-bond donors (Lipinski definition) is 2. The van der Waals surface area contributed by atoms with E-state index in [0.717, 1.165) is 34.3 Å². The molecule has 0 bridgehead atoms. The van der Waals surface area contributed by atoms with Gasteiger partial charge in [0.25, 0.3) is 15.9 Å². The van der Waals surface area contributed by atoms with E-state index in [-0.39, 0.29) is 17.4 Å². The minimum Gasteiger partial charge on any atom is -0.484 e. The van der Waals surface area contributed by atoms with E-state index in [2.05, 4.69) is 15.6 Å². The van der Waals surface area contributed by atoms with E-state index in [1.807, 2.05) is 48.5 Å². The third-order valence-electron chi connectivity index (χ3n) is 6.32. The summed E-state index contributed by atoms with van der Waals surface area (Å²) in [5, 5.41) is 7.82. The maximum atomic E-state index is 13.1.